The van der Waals surface area contributed by atoms with Gasteiger partial charge in [0.15, 0.2) is 0 Å². The second-order valence-electron chi connectivity index (χ2n) is 5.14. The number of nitrogens with one attached hydrogen (secondary N) is 1. The third kappa shape index (κ3) is 2.82. The van der Waals surface area contributed by atoms with Gasteiger partial charge in [0, 0.05) is 6.54 Å². The van der Waals surface area contributed by atoms with Gasteiger partial charge in [0.2, 0.25) is 5.91 Å². The number of hydrogen-bond donors (Lipinski definition) is 2. The van der Waals surface area contributed by atoms with Crippen molar-refractivity contribution in [1.82, 2.24) is 4.90 Å². The standard InChI is InChI=1S/C16H16N2O3S/c19-13-7-2-1-5-11(13)17-15(20)12-6-3-9-18(12)16(21)14-8-4-10-22-14/h1-2,4-5,7-8,10,12,19H,3,6,9H2,(H,17,20)/t12-/m0/s1. The van der Waals surface area contributed by atoms with Crippen LogP contribution in [0.25, 0.3) is 0 Å². The van der Waals surface area contributed by atoms with Gasteiger partial charge in [0.1, 0.15) is 11.8 Å². The number of amides is 2. The number of carbonyl (C=O) groups excluding carboxylic acids is 2. The predicted octanol–water partition coefficient (Wildman–Crippen LogP) is 2.70. The number of rotatable bonds is 3. The van der Waals surface area contributed by atoms with Gasteiger partial charge in [-0.3, -0.25) is 9.59 Å². The molecule has 0 spiro atoms. The maximum absolute atomic E-state index is 12.4. The van der Waals surface area contributed by atoms with E-state index >= 15 is 0 Å². The summed E-state index contributed by atoms with van der Waals surface area (Å²) < 4.78 is 0. The Bertz CT molecular complexity index is 684. The van der Waals surface area contributed by atoms with Crippen LogP contribution in [0.3, 0.4) is 0 Å². The van der Waals surface area contributed by atoms with Gasteiger partial charge >= 0.3 is 0 Å². The molecule has 0 saturated carbocycles. The maximum Gasteiger partial charge on any atom is 0.264 e. The van der Waals surface area contributed by atoms with Crippen LogP contribution in [0.4, 0.5) is 5.69 Å². The van der Waals surface area contributed by atoms with Crippen LogP contribution in [0, 0.1) is 0 Å². The summed E-state index contributed by atoms with van der Waals surface area (Å²) in [5.41, 5.74) is 0.364. The van der Waals surface area contributed by atoms with E-state index in [-0.39, 0.29) is 17.6 Å². The Labute approximate surface area is 132 Å². The van der Waals surface area contributed by atoms with Crippen LogP contribution in [0.2, 0.25) is 0 Å². The summed E-state index contributed by atoms with van der Waals surface area (Å²) >= 11 is 1.38. The van der Waals surface area contributed by atoms with Gasteiger partial charge in [-0.25, -0.2) is 0 Å². The molecule has 0 radical (unpaired) electrons. The van der Waals surface area contributed by atoms with Crippen molar-refractivity contribution in [2.75, 3.05) is 11.9 Å². The van der Waals surface area contributed by atoms with Crippen LogP contribution < -0.4 is 5.32 Å². The smallest absolute Gasteiger partial charge is 0.264 e. The van der Waals surface area contributed by atoms with E-state index in [2.05, 4.69) is 5.32 Å². The Morgan fingerprint density at radius 3 is 2.77 bits per heavy atom. The number of likely N-dealkylation sites (tertiary alicyclic amines) is 1. The molecule has 3 rings (SSSR count). The lowest BCUT2D eigenvalue weighted by atomic mass is 10.2. The molecule has 1 aromatic carbocycles. The van der Waals surface area contributed by atoms with Crippen molar-refractivity contribution in [3.63, 3.8) is 0 Å². The molecular weight excluding hydrogens is 300 g/mol. The number of benzene rings is 1. The van der Waals surface area contributed by atoms with Crippen molar-refractivity contribution in [3.8, 4) is 5.75 Å². The van der Waals surface area contributed by atoms with Gasteiger partial charge in [-0.1, -0.05) is 18.2 Å². The Kier molecular flexibility index (Phi) is 4.11. The fraction of sp³-hybridized carbons (Fsp3) is 0.250. The summed E-state index contributed by atoms with van der Waals surface area (Å²) in [5, 5.41) is 14.3. The van der Waals surface area contributed by atoms with Crippen molar-refractivity contribution in [3.05, 3.63) is 46.7 Å². The molecule has 2 N–H and O–H groups in total. The lowest BCUT2D eigenvalue weighted by molar-refractivity contribution is -0.119. The van der Waals surface area contributed by atoms with Crippen LogP contribution in [0.5, 0.6) is 5.75 Å². The number of aromatic hydroxyl groups is 1. The number of phenols is 1. The predicted molar refractivity (Wildman–Crippen MR) is 85.1 cm³/mol. The largest absolute Gasteiger partial charge is 0.506 e. The van der Waals surface area contributed by atoms with Crippen molar-refractivity contribution in [2.45, 2.75) is 18.9 Å². The molecule has 114 valence electrons. The zero-order valence-corrected chi connectivity index (χ0v) is 12.7. The Balaban J connectivity index is 1.74. The van der Waals surface area contributed by atoms with Gasteiger partial charge in [-0.15, -0.1) is 11.3 Å². The first-order valence-electron chi connectivity index (χ1n) is 7.10. The minimum Gasteiger partial charge on any atom is -0.506 e. The number of nitrogens with zero attached hydrogens (tertiary/aromatic N) is 1. The quantitative estimate of drug-likeness (QED) is 0.855. The first kappa shape index (κ1) is 14.6. The minimum atomic E-state index is -0.491. The van der Waals surface area contributed by atoms with Crippen LogP contribution in [-0.4, -0.2) is 34.4 Å². The summed E-state index contributed by atoms with van der Waals surface area (Å²) in [7, 11) is 0. The van der Waals surface area contributed by atoms with Gasteiger partial charge < -0.3 is 15.3 Å². The molecule has 0 unspecified atom stereocenters. The van der Waals surface area contributed by atoms with Crippen molar-refractivity contribution in [1.29, 1.82) is 0 Å². The van der Waals surface area contributed by atoms with E-state index in [1.165, 1.54) is 17.4 Å². The second kappa shape index (κ2) is 6.19. The molecule has 6 heteroatoms. The summed E-state index contributed by atoms with van der Waals surface area (Å²) in [6, 6.07) is 9.67. The molecule has 1 saturated heterocycles. The van der Waals surface area contributed by atoms with E-state index in [0.29, 0.717) is 23.5 Å². The fourth-order valence-electron chi connectivity index (χ4n) is 2.62. The highest BCUT2D eigenvalue weighted by molar-refractivity contribution is 7.12. The van der Waals surface area contributed by atoms with E-state index < -0.39 is 6.04 Å². The highest BCUT2D eigenvalue weighted by atomic mass is 32.1. The highest BCUT2D eigenvalue weighted by Gasteiger charge is 2.35. The van der Waals surface area contributed by atoms with E-state index in [0.717, 1.165) is 6.42 Å². The molecule has 5 nitrogen and oxygen atoms in total. The average Bonchev–Trinajstić information content (AvgIpc) is 3.20. The zero-order chi connectivity index (χ0) is 15.5. The Morgan fingerprint density at radius 2 is 2.05 bits per heavy atom. The molecular formula is C16H16N2O3S. The van der Waals surface area contributed by atoms with Crippen LogP contribution >= 0.6 is 11.3 Å². The number of phenolic OH excluding ortho intramolecular Hbond substituents is 1. The van der Waals surface area contributed by atoms with E-state index in [1.54, 1.807) is 29.2 Å². The van der Waals surface area contributed by atoms with Crippen LogP contribution in [-0.2, 0) is 4.79 Å². The van der Waals surface area contributed by atoms with E-state index in [1.807, 2.05) is 11.4 Å². The second-order valence-corrected chi connectivity index (χ2v) is 6.09. The summed E-state index contributed by atoms with van der Waals surface area (Å²) in [5.74, 6) is -0.348. The average molecular weight is 316 g/mol. The van der Waals surface area contributed by atoms with Crippen molar-refractivity contribution >= 4 is 28.8 Å². The monoisotopic (exact) mass is 316 g/mol. The van der Waals surface area contributed by atoms with Crippen LogP contribution in [0.15, 0.2) is 41.8 Å². The molecule has 2 heterocycles. The topological polar surface area (TPSA) is 69.6 Å². The van der Waals surface area contributed by atoms with Crippen molar-refractivity contribution in [2.24, 2.45) is 0 Å². The highest BCUT2D eigenvalue weighted by Crippen LogP contribution is 2.26. The van der Waals surface area contributed by atoms with E-state index in [9.17, 15) is 14.7 Å². The number of carbonyl (C=O) groups is 2. The third-order valence-electron chi connectivity index (χ3n) is 3.71. The van der Waals surface area contributed by atoms with Crippen molar-refractivity contribution < 1.29 is 14.7 Å². The van der Waals surface area contributed by atoms with Gasteiger partial charge in [-0.2, -0.15) is 0 Å². The molecule has 1 aromatic heterocycles. The first-order valence-corrected chi connectivity index (χ1v) is 7.98. The summed E-state index contributed by atoms with van der Waals surface area (Å²) in [4.78, 5) is 27.1. The SMILES string of the molecule is O=C(Nc1ccccc1O)[C@@H]1CCCN1C(=O)c1cccs1. The summed E-state index contributed by atoms with van der Waals surface area (Å²) in [6.07, 6.45) is 1.44. The minimum absolute atomic E-state index is 0.0185. The first-order chi connectivity index (χ1) is 10.7. The Morgan fingerprint density at radius 1 is 1.23 bits per heavy atom. The van der Waals surface area contributed by atoms with Gasteiger partial charge in [-0.05, 0) is 36.4 Å². The molecule has 2 aromatic rings. The molecule has 0 aliphatic carbocycles. The van der Waals surface area contributed by atoms with E-state index in [4.69, 9.17) is 0 Å². The number of para-hydroxylation sites is 2. The lowest BCUT2D eigenvalue weighted by Gasteiger charge is -2.23. The van der Waals surface area contributed by atoms with Gasteiger partial charge in [0.05, 0.1) is 10.6 Å². The lowest BCUT2D eigenvalue weighted by Crippen LogP contribution is -2.42. The maximum atomic E-state index is 12.4. The molecule has 2 amide bonds. The molecule has 1 aliphatic heterocycles. The van der Waals surface area contributed by atoms with Gasteiger partial charge in [0.25, 0.3) is 5.91 Å². The number of anilines is 1. The zero-order valence-electron chi connectivity index (χ0n) is 11.9. The molecule has 22 heavy (non-hydrogen) atoms. The number of hydrogen-bond acceptors (Lipinski definition) is 4. The summed E-state index contributed by atoms with van der Waals surface area (Å²) in [6.45, 7) is 0.579. The molecule has 1 fully saturated rings. The molecule has 1 aliphatic rings. The number of thiophene rings is 1. The third-order valence-corrected chi connectivity index (χ3v) is 4.57. The fourth-order valence-corrected chi connectivity index (χ4v) is 3.30. The molecule has 0 bridgehead atoms. The Hall–Kier alpha value is -2.34. The molecule has 1 atom stereocenters. The van der Waals surface area contributed by atoms with Crippen LogP contribution in [0.1, 0.15) is 22.5 Å². The normalized spacial score (nSPS) is 17.5.